The molecule has 0 amide bonds. The summed E-state index contributed by atoms with van der Waals surface area (Å²) >= 11 is 0. The van der Waals surface area contributed by atoms with Gasteiger partial charge < -0.3 is 9.88 Å². The highest BCUT2D eigenvalue weighted by Crippen LogP contribution is 2.34. The molecule has 1 aliphatic rings. The number of fused-ring (bicyclic) bond motifs is 1. The summed E-state index contributed by atoms with van der Waals surface area (Å²) in [5, 5.41) is 3.48. The zero-order chi connectivity index (χ0) is 15.2. The largest absolute Gasteiger partial charge is 0.325 e. The van der Waals surface area contributed by atoms with Crippen LogP contribution in [0.25, 0.3) is 16.8 Å². The summed E-state index contributed by atoms with van der Waals surface area (Å²) < 4.78 is 15.4. The Balaban J connectivity index is 0.00000176. The molecule has 0 saturated heterocycles. The first-order valence-corrected chi connectivity index (χ1v) is 7.18. The number of halogens is 1. The Morgan fingerprint density at radius 1 is 1.38 bits per heavy atom. The third-order valence-electron chi connectivity index (χ3n) is 3.95. The van der Waals surface area contributed by atoms with Gasteiger partial charge in [-0.05, 0) is 50.6 Å². The van der Waals surface area contributed by atoms with Crippen molar-refractivity contribution in [1.29, 1.82) is 0 Å². The van der Waals surface area contributed by atoms with Gasteiger partial charge in [0, 0.05) is 20.1 Å². The van der Waals surface area contributed by atoms with Crippen molar-refractivity contribution in [1.82, 2.24) is 14.9 Å². The van der Waals surface area contributed by atoms with Gasteiger partial charge in [-0.3, -0.25) is 0 Å². The Bertz CT molecular complexity index is 701. The van der Waals surface area contributed by atoms with Crippen LogP contribution in [0.5, 0.6) is 0 Å². The van der Waals surface area contributed by atoms with Crippen molar-refractivity contribution in [2.24, 2.45) is 0 Å². The third-order valence-corrected chi connectivity index (χ3v) is 3.95. The molecule has 3 rings (SSSR count). The second-order valence-electron chi connectivity index (χ2n) is 6.12. The molecule has 1 aliphatic heterocycles. The molecule has 21 heavy (non-hydrogen) atoms. The van der Waals surface area contributed by atoms with E-state index in [-0.39, 0.29) is 12.8 Å². The second-order valence-corrected chi connectivity index (χ2v) is 6.12. The molecule has 0 saturated carbocycles. The summed E-state index contributed by atoms with van der Waals surface area (Å²) in [4.78, 5) is 4.84. The fraction of sp³-hybridized carbons (Fsp3) is 0.353. The first kappa shape index (κ1) is 14.0. The molecule has 0 unspecified atom stereocenters. The number of rotatable bonds is 2. The molecular formula is C17H22FN3. The van der Waals surface area contributed by atoms with Crippen LogP contribution in [-0.2, 0) is 12.1 Å². The van der Waals surface area contributed by atoms with Crippen LogP contribution in [0.2, 0.25) is 0 Å². The van der Waals surface area contributed by atoms with Crippen molar-refractivity contribution in [3.63, 3.8) is 0 Å². The Hall–Kier alpha value is -1.94. The van der Waals surface area contributed by atoms with Crippen molar-refractivity contribution < 1.29 is 5.82 Å². The highest BCUT2D eigenvalue weighted by molar-refractivity contribution is 5.76. The number of nitrogens with one attached hydrogen (secondary N) is 1. The zero-order valence-corrected chi connectivity index (χ0v) is 12.7. The van der Waals surface area contributed by atoms with E-state index in [1.807, 2.05) is 6.92 Å². The first-order valence-electron chi connectivity index (χ1n) is 7.18. The number of allylic oxidation sites excluding steroid dienone is 1. The molecular weight excluding hydrogens is 265 g/mol. The van der Waals surface area contributed by atoms with Crippen molar-refractivity contribution in [2.75, 3.05) is 6.54 Å². The van der Waals surface area contributed by atoms with Crippen LogP contribution >= 0.6 is 0 Å². The summed E-state index contributed by atoms with van der Waals surface area (Å²) in [6.45, 7) is 12.1. The lowest BCUT2D eigenvalue weighted by Gasteiger charge is -2.32. The van der Waals surface area contributed by atoms with E-state index in [4.69, 9.17) is 4.98 Å². The van der Waals surface area contributed by atoms with Crippen molar-refractivity contribution in [2.45, 2.75) is 32.9 Å². The number of nitrogens with zero attached hydrogens (tertiary/aromatic N) is 2. The standard InChI is InChI=1S/C17H20FN3.H2/c1-11(2)15-14(12-5-7-13(18)8-6-12)20-16-17(3,4)19-9-10-21(15)16;/h5-8,19H,1,9-10H2,2-4H3;1H. The molecule has 0 bridgehead atoms. The SMILES string of the molecule is C=C(C)c1c(-c2ccc(F)cc2)nc2n1CCNC2(C)C.[HH]. The molecule has 112 valence electrons. The van der Waals surface area contributed by atoms with Gasteiger partial charge in [-0.1, -0.05) is 6.58 Å². The molecule has 1 aromatic heterocycles. The Labute approximate surface area is 126 Å². The maximum atomic E-state index is 13.2. The van der Waals surface area contributed by atoms with E-state index in [1.54, 1.807) is 12.1 Å². The molecule has 0 atom stereocenters. The van der Waals surface area contributed by atoms with Crippen LogP contribution in [0, 0.1) is 5.82 Å². The highest BCUT2D eigenvalue weighted by Gasteiger charge is 2.32. The molecule has 3 nitrogen and oxygen atoms in total. The van der Waals surface area contributed by atoms with E-state index in [2.05, 4.69) is 30.3 Å². The normalized spacial score (nSPS) is 16.6. The number of hydrogen-bond acceptors (Lipinski definition) is 2. The minimum absolute atomic E-state index is 0. The van der Waals surface area contributed by atoms with Crippen LogP contribution in [0.1, 0.15) is 33.7 Å². The maximum Gasteiger partial charge on any atom is 0.129 e. The van der Waals surface area contributed by atoms with Gasteiger partial charge in [0.2, 0.25) is 0 Å². The maximum absolute atomic E-state index is 13.2. The fourth-order valence-corrected chi connectivity index (χ4v) is 2.95. The first-order chi connectivity index (χ1) is 9.90. The molecule has 0 radical (unpaired) electrons. The average Bonchev–Trinajstić information content (AvgIpc) is 2.80. The predicted molar refractivity (Wildman–Crippen MR) is 85.5 cm³/mol. The summed E-state index contributed by atoms with van der Waals surface area (Å²) in [7, 11) is 0. The van der Waals surface area contributed by atoms with E-state index in [1.165, 1.54) is 12.1 Å². The highest BCUT2D eigenvalue weighted by atomic mass is 19.1. The lowest BCUT2D eigenvalue weighted by atomic mass is 10.0. The van der Waals surface area contributed by atoms with Crippen LogP contribution < -0.4 is 5.32 Å². The molecule has 2 aromatic rings. The average molecular weight is 287 g/mol. The number of imidazole rings is 1. The minimum Gasteiger partial charge on any atom is -0.325 e. The van der Waals surface area contributed by atoms with Gasteiger partial charge in [-0.15, -0.1) is 0 Å². The summed E-state index contributed by atoms with van der Waals surface area (Å²) in [6.07, 6.45) is 0. The van der Waals surface area contributed by atoms with Gasteiger partial charge in [0.1, 0.15) is 11.6 Å². The molecule has 1 N–H and O–H groups in total. The zero-order valence-electron chi connectivity index (χ0n) is 12.7. The van der Waals surface area contributed by atoms with Gasteiger partial charge in [-0.25, -0.2) is 9.37 Å². The summed E-state index contributed by atoms with van der Waals surface area (Å²) in [6, 6.07) is 6.49. The smallest absolute Gasteiger partial charge is 0.129 e. The molecule has 0 fully saturated rings. The molecule has 4 heteroatoms. The lowest BCUT2D eigenvalue weighted by Crippen LogP contribution is -2.45. The van der Waals surface area contributed by atoms with Crippen molar-refractivity contribution in [3.8, 4) is 11.3 Å². The predicted octanol–water partition coefficient (Wildman–Crippen LogP) is 3.81. The second kappa shape index (κ2) is 4.81. The van der Waals surface area contributed by atoms with Crippen LogP contribution in [0.3, 0.4) is 0 Å². The van der Waals surface area contributed by atoms with Gasteiger partial charge in [-0.2, -0.15) is 0 Å². The lowest BCUT2D eigenvalue weighted by molar-refractivity contribution is 0.315. The van der Waals surface area contributed by atoms with E-state index in [9.17, 15) is 4.39 Å². The summed E-state index contributed by atoms with van der Waals surface area (Å²) in [5.74, 6) is 0.771. The number of aromatic nitrogens is 2. The third kappa shape index (κ3) is 2.29. The summed E-state index contributed by atoms with van der Waals surface area (Å²) in [5.41, 5.74) is 3.65. The van der Waals surface area contributed by atoms with E-state index >= 15 is 0 Å². The Morgan fingerprint density at radius 2 is 2.05 bits per heavy atom. The van der Waals surface area contributed by atoms with Crippen molar-refractivity contribution >= 4 is 5.57 Å². The molecule has 1 aromatic carbocycles. The number of benzene rings is 1. The Morgan fingerprint density at radius 3 is 2.67 bits per heavy atom. The van der Waals surface area contributed by atoms with Crippen molar-refractivity contribution in [3.05, 3.63) is 48.2 Å². The van der Waals surface area contributed by atoms with E-state index < -0.39 is 0 Å². The quantitative estimate of drug-likeness (QED) is 0.910. The van der Waals surface area contributed by atoms with Gasteiger partial charge in [0.25, 0.3) is 0 Å². The van der Waals surface area contributed by atoms with E-state index in [0.717, 1.165) is 41.4 Å². The molecule has 2 heterocycles. The number of hydrogen-bond donors (Lipinski definition) is 1. The van der Waals surface area contributed by atoms with Crippen LogP contribution in [0.15, 0.2) is 30.8 Å². The van der Waals surface area contributed by atoms with Crippen LogP contribution in [0.4, 0.5) is 4.39 Å². The molecule has 0 aliphatic carbocycles. The van der Waals surface area contributed by atoms with Crippen LogP contribution in [-0.4, -0.2) is 16.1 Å². The molecule has 0 spiro atoms. The topological polar surface area (TPSA) is 29.9 Å². The van der Waals surface area contributed by atoms with Gasteiger partial charge in [0.15, 0.2) is 0 Å². The minimum atomic E-state index is -0.235. The van der Waals surface area contributed by atoms with Gasteiger partial charge >= 0.3 is 0 Å². The van der Waals surface area contributed by atoms with Gasteiger partial charge in [0.05, 0.1) is 16.9 Å². The Kier molecular flexibility index (Phi) is 3.21. The fourth-order valence-electron chi connectivity index (χ4n) is 2.95. The van der Waals surface area contributed by atoms with E-state index in [0.29, 0.717) is 0 Å². The monoisotopic (exact) mass is 287 g/mol.